The molecule has 0 aliphatic rings. The number of ketones is 1. The molecule has 96 valence electrons. The topological polar surface area (TPSA) is 83.8 Å². The summed E-state index contributed by atoms with van der Waals surface area (Å²) in [5.41, 5.74) is -1.19. The first-order valence-corrected chi connectivity index (χ1v) is 7.63. The maximum Gasteiger partial charge on any atom is 0.333 e. The normalized spacial score (nSPS) is 12.7. The molecule has 0 aromatic carbocycles. The number of carbonyl (C=O) groups excluding carboxylic acids is 1. The predicted molar refractivity (Wildman–Crippen MR) is 65.1 cm³/mol. The van der Waals surface area contributed by atoms with Crippen LogP contribution in [-0.2, 0) is 20.7 Å². The van der Waals surface area contributed by atoms with E-state index < -0.39 is 25.1 Å². The number of hydrogen-bond donors (Lipinski definition) is 2. The lowest BCUT2D eigenvalue weighted by molar-refractivity contribution is -0.139. The van der Waals surface area contributed by atoms with E-state index >= 15 is 0 Å². The molecule has 0 fully saturated rings. The van der Waals surface area contributed by atoms with Gasteiger partial charge < -0.3 is 14.5 Å². The van der Waals surface area contributed by atoms with Crippen LogP contribution in [0.5, 0.6) is 0 Å². The van der Waals surface area contributed by atoms with Crippen LogP contribution >= 0.6 is 18.9 Å². The Labute approximate surface area is 104 Å². The van der Waals surface area contributed by atoms with Gasteiger partial charge in [0.15, 0.2) is 5.78 Å². The van der Waals surface area contributed by atoms with E-state index in [2.05, 4.69) is 0 Å². The van der Waals surface area contributed by atoms with E-state index in [0.29, 0.717) is 0 Å². The molecule has 7 heteroatoms. The minimum absolute atomic E-state index is 0.261. The summed E-state index contributed by atoms with van der Waals surface area (Å²) >= 11 is 1.50. The highest BCUT2D eigenvalue weighted by Crippen LogP contribution is 2.36. The van der Waals surface area contributed by atoms with Crippen LogP contribution in [0.15, 0.2) is 17.5 Å². The maximum atomic E-state index is 11.6. The van der Waals surface area contributed by atoms with Gasteiger partial charge in [0.1, 0.15) is 11.8 Å². The number of rotatable bonds is 6. The van der Waals surface area contributed by atoms with E-state index in [-0.39, 0.29) is 6.61 Å². The van der Waals surface area contributed by atoms with Crippen LogP contribution in [0.4, 0.5) is 0 Å². The lowest BCUT2D eigenvalue weighted by atomic mass is 10.1. The van der Waals surface area contributed by atoms with E-state index in [1.165, 1.54) is 25.2 Å². The summed E-state index contributed by atoms with van der Waals surface area (Å²) in [6.45, 7) is 3.29. The summed E-state index contributed by atoms with van der Waals surface area (Å²) in [4.78, 5) is 30.1. The molecule has 0 radical (unpaired) electrons. The molecule has 2 N–H and O–H groups in total. The monoisotopic (exact) mass is 278 g/mol. The molecule has 0 amide bonds. The maximum absolute atomic E-state index is 11.6. The third-order valence-corrected chi connectivity index (χ3v) is 3.73. The Bertz CT molecular complexity index is 420. The second kappa shape index (κ2) is 5.42. The zero-order valence-electron chi connectivity index (χ0n) is 9.62. The van der Waals surface area contributed by atoms with Gasteiger partial charge in [-0.25, -0.2) is 0 Å². The Morgan fingerprint density at radius 3 is 2.65 bits per heavy atom. The molecule has 1 heterocycles. The predicted octanol–water partition coefficient (Wildman–Crippen LogP) is 1.79. The molecular weight excluding hydrogens is 263 g/mol. The average Bonchev–Trinajstić information content (AvgIpc) is 2.64. The van der Waals surface area contributed by atoms with E-state index in [1.54, 1.807) is 0 Å². The minimum Gasteiger partial charge on any atom is -0.362 e. The first-order valence-electron chi connectivity index (χ1n) is 4.95. The summed E-state index contributed by atoms with van der Waals surface area (Å²) in [5.74, 6) is -0.595. The van der Waals surface area contributed by atoms with Crippen molar-refractivity contribution in [1.29, 1.82) is 0 Å². The van der Waals surface area contributed by atoms with E-state index in [0.717, 1.165) is 4.88 Å². The van der Waals surface area contributed by atoms with Gasteiger partial charge in [-0.3, -0.25) is 9.36 Å². The van der Waals surface area contributed by atoms with Crippen LogP contribution in [0.25, 0.3) is 0 Å². The van der Waals surface area contributed by atoms with Crippen LogP contribution in [0.3, 0.4) is 0 Å². The molecule has 0 bridgehead atoms. The van der Waals surface area contributed by atoms with Crippen molar-refractivity contribution in [3.8, 4) is 0 Å². The Kier molecular flexibility index (Phi) is 4.63. The fourth-order valence-corrected chi connectivity index (χ4v) is 2.48. The average molecular weight is 278 g/mol. The van der Waals surface area contributed by atoms with Crippen molar-refractivity contribution in [1.82, 2.24) is 0 Å². The molecule has 0 saturated carbocycles. The third kappa shape index (κ3) is 5.10. The first kappa shape index (κ1) is 14.5. The van der Waals surface area contributed by atoms with Crippen molar-refractivity contribution < 1.29 is 23.9 Å². The number of carbonyl (C=O) groups is 1. The lowest BCUT2D eigenvalue weighted by Crippen LogP contribution is -2.36. The summed E-state index contributed by atoms with van der Waals surface area (Å²) in [7, 11) is -4.33. The van der Waals surface area contributed by atoms with Gasteiger partial charge in [0.25, 0.3) is 0 Å². The number of hydrogen-bond acceptors (Lipinski definition) is 4. The second-order valence-corrected chi connectivity index (χ2v) is 6.80. The second-order valence-electron chi connectivity index (χ2n) is 4.12. The molecule has 1 aromatic rings. The summed E-state index contributed by atoms with van der Waals surface area (Å²) < 4.78 is 16.1. The fraction of sp³-hybridized carbons (Fsp3) is 0.500. The Morgan fingerprint density at radius 2 is 2.18 bits per heavy atom. The zero-order valence-corrected chi connectivity index (χ0v) is 11.3. The van der Waals surface area contributed by atoms with Gasteiger partial charge in [-0.05, 0) is 25.3 Å². The highest BCUT2D eigenvalue weighted by molar-refractivity contribution is 7.52. The van der Waals surface area contributed by atoms with Crippen LogP contribution in [0, 0.1) is 0 Å². The quantitative estimate of drug-likeness (QED) is 0.775. The summed E-state index contributed by atoms with van der Waals surface area (Å²) in [5, 5.41) is 1.89. The Morgan fingerprint density at radius 1 is 1.53 bits per heavy atom. The summed E-state index contributed by atoms with van der Waals surface area (Å²) in [6, 6.07) is 3.74. The number of thiophene rings is 1. The van der Waals surface area contributed by atoms with Crippen LogP contribution in [0.1, 0.15) is 18.7 Å². The van der Waals surface area contributed by atoms with E-state index in [9.17, 15) is 9.36 Å². The molecule has 0 aliphatic carbocycles. The smallest absolute Gasteiger partial charge is 0.333 e. The Balaban J connectivity index is 2.55. The minimum atomic E-state index is -4.33. The van der Waals surface area contributed by atoms with E-state index in [1.807, 2.05) is 17.5 Å². The molecule has 0 atom stereocenters. The zero-order chi connectivity index (χ0) is 13.1. The molecule has 0 aliphatic heterocycles. The van der Waals surface area contributed by atoms with Gasteiger partial charge in [0, 0.05) is 4.88 Å². The standard InChI is InChI=1S/C10H15O5PS/c1-10(2,9(11)7-16(12,13)14)15-6-8-4-3-5-17-8/h3-5H,6-7H2,1-2H3,(H2,12,13,14). The van der Waals surface area contributed by atoms with Gasteiger partial charge in [-0.15, -0.1) is 11.3 Å². The van der Waals surface area contributed by atoms with Gasteiger partial charge in [-0.1, -0.05) is 6.07 Å². The van der Waals surface area contributed by atoms with Crippen molar-refractivity contribution in [2.24, 2.45) is 0 Å². The van der Waals surface area contributed by atoms with Crippen LogP contribution in [-0.4, -0.2) is 27.3 Å². The summed E-state index contributed by atoms with van der Waals surface area (Å²) in [6.07, 6.45) is -0.787. The fourth-order valence-electron chi connectivity index (χ4n) is 1.10. The molecule has 0 spiro atoms. The van der Waals surface area contributed by atoms with Crippen LogP contribution in [0.2, 0.25) is 0 Å². The molecule has 1 aromatic heterocycles. The molecular formula is C10H15O5PS. The molecule has 1 rings (SSSR count). The third-order valence-electron chi connectivity index (χ3n) is 2.18. The molecule has 0 unspecified atom stereocenters. The van der Waals surface area contributed by atoms with Crippen molar-refractivity contribution in [2.75, 3.05) is 6.16 Å². The molecule has 0 saturated heterocycles. The lowest BCUT2D eigenvalue weighted by Gasteiger charge is -2.23. The van der Waals surface area contributed by atoms with Crippen molar-refractivity contribution >= 4 is 24.7 Å². The van der Waals surface area contributed by atoms with Crippen LogP contribution < -0.4 is 0 Å². The number of Topliss-reactive ketones (excluding diaryl/α,β-unsaturated/α-hetero) is 1. The highest BCUT2D eigenvalue weighted by atomic mass is 32.1. The molecule has 5 nitrogen and oxygen atoms in total. The van der Waals surface area contributed by atoms with Gasteiger partial charge >= 0.3 is 7.60 Å². The Hall–Kier alpha value is -0.520. The molecule has 17 heavy (non-hydrogen) atoms. The van der Waals surface area contributed by atoms with Crippen molar-refractivity contribution in [2.45, 2.75) is 26.1 Å². The van der Waals surface area contributed by atoms with E-state index in [4.69, 9.17) is 14.5 Å². The van der Waals surface area contributed by atoms with Gasteiger partial charge in [-0.2, -0.15) is 0 Å². The number of ether oxygens (including phenoxy) is 1. The first-order chi connectivity index (χ1) is 7.71. The van der Waals surface area contributed by atoms with Gasteiger partial charge in [0.05, 0.1) is 6.61 Å². The van der Waals surface area contributed by atoms with Crippen molar-refractivity contribution in [3.63, 3.8) is 0 Å². The SMILES string of the molecule is CC(C)(OCc1cccs1)C(=O)CP(=O)(O)O. The largest absolute Gasteiger partial charge is 0.362 e. The highest BCUT2D eigenvalue weighted by Gasteiger charge is 2.33. The van der Waals surface area contributed by atoms with Gasteiger partial charge in [0.2, 0.25) is 0 Å². The van der Waals surface area contributed by atoms with Crippen molar-refractivity contribution in [3.05, 3.63) is 22.4 Å².